The van der Waals surface area contributed by atoms with Gasteiger partial charge in [0.1, 0.15) is 5.82 Å². The van der Waals surface area contributed by atoms with Gasteiger partial charge in [-0.3, -0.25) is 0 Å². The summed E-state index contributed by atoms with van der Waals surface area (Å²) in [5, 5.41) is 3.28. The second-order valence-corrected chi connectivity index (χ2v) is 7.03. The van der Waals surface area contributed by atoms with Crippen LogP contribution in [0.2, 0.25) is 5.02 Å². The minimum absolute atomic E-state index is 0. The molecule has 2 rings (SSSR count). The number of hydrogen-bond donors (Lipinski definition) is 1. The van der Waals surface area contributed by atoms with Crippen molar-refractivity contribution < 1.29 is 12.8 Å². The lowest BCUT2D eigenvalue weighted by atomic mass is 10.1. The summed E-state index contributed by atoms with van der Waals surface area (Å²) < 4.78 is 39.7. The van der Waals surface area contributed by atoms with Crippen LogP contribution in [0.3, 0.4) is 0 Å². The molecule has 1 N–H and O–H groups in total. The monoisotopic (exact) mass is 342 g/mol. The van der Waals surface area contributed by atoms with Crippen LogP contribution in [0.4, 0.5) is 4.39 Å². The average molecular weight is 343 g/mol. The first-order chi connectivity index (χ1) is 8.82. The van der Waals surface area contributed by atoms with E-state index in [1.54, 1.807) is 0 Å². The maximum absolute atomic E-state index is 13.3. The van der Waals surface area contributed by atoms with E-state index < -0.39 is 15.8 Å². The van der Waals surface area contributed by atoms with E-state index in [0.717, 1.165) is 12.1 Å². The van der Waals surface area contributed by atoms with Crippen LogP contribution in [-0.2, 0) is 10.0 Å². The molecule has 0 spiro atoms. The van der Waals surface area contributed by atoms with Crippen LogP contribution in [0.5, 0.6) is 0 Å². The summed E-state index contributed by atoms with van der Waals surface area (Å²) >= 11 is 5.72. The Labute approximate surface area is 129 Å². The van der Waals surface area contributed by atoms with Gasteiger partial charge in [0.25, 0.3) is 0 Å². The summed E-state index contributed by atoms with van der Waals surface area (Å²) in [6, 6.07) is 3.22. The zero-order chi connectivity index (χ0) is 14.2. The molecule has 0 radical (unpaired) electrons. The second kappa shape index (κ2) is 6.58. The number of halogens is 3. The summed E-state index contributed by atoms with van der Waals surface area (Å²) in [6.07, 6.45) is 0. The summed E-state index contributed by atoms with van der Waals surface area (Å²) in [5.41, 5.74) is 0. The van der Waals surface area contributed by atoms with Crippen molar-refractivity contribution in [2.45, 2.75) is 30.8 Å². The third-order valence-corrected chi connectivity index (χ3v) is 5.60. The molecule has 2 unspecified atom stereocenters. The van der Waals surface area contributed by atoms with Gasteiger partial charge < -0.3 is 5.32 Å². The molecule has 0 aliphatic carbocycles. The first kappa shape index (κ1) is 17.7. The molecule has 8 heteroatoms. The maximum atomic E-state index is 13.3. The van der Waals surface area contributed by atoms with Crippen LogP contribution < -0.4 is 5.32 Å². The van der Waals surface area contributed by atoms with Gasteiger partial charge in [-0.1, -0.05) is 11.6 Å². The van der Waals surface area contributed by atoms with Gasteiger partial charge in [-0.05, 0) is 32.0 Å². The maximum Gasteiger partial charge on any atom is 0.243 e. The molecule has 1 fully saturated rings. The van der Waals surface area contributed by atoms with Gasteiger partial charge in [0.05, 0.1) is 4.90 Å². The zero-order valence-electron chi connectivity index (χ0n) is 11.1. The number of benzene rings is 1. The molecule has 1 aromatic carbocycles. The SMILES string of the molecule is CC1NCCN(S(=O)(=O)c2cc(F)cc(Cl)c2)C1C.Cl. The third-order valence-electron chi connectivity index (χ3n) is 3.42. The lowest BCUT2D eigenvalue weighted by molar-refractivity contribution is 0.233. The number of rotatable bonds is 2. The highest BCUT2D eigenvalue weighted by molar-refractivity contribution is 7.89. The van der Waals surface area contributed by atoms with E-state index in [-0.39, 0.29) is 34.4 Å². The van der Waals surface area contributed by atoms with Crippen molar-refractivity contribution in [2.24, 2.45) is 0 Å². The van der Waals surface area contributed by atoms with Gasteiger partial charge in [-0.25, -0.2) is 12.8 Å². The van der Waals surface area contributed by atoms with Crippen LogP contribution in [0.15, 0.2) is 23.1 Å². The smallest absolute Gasteiger partial charge is 0.243 e. The molecule has 1 aromatic rings. The molecular formula is C12H17Cl2FN2O2S. The summed E-state index contributed by atoms with van der Waals surface area (Å²) in [4.78, 5) is -0.0987. The van der Waals surface area contributed by atoms with Crippen LogP contribution >= 0.6 is 24.0 Å². The van der Waals surface area contributed by atoms with E-state index >= 15 is 0 Å². The molecule has 20 heavy (non-hydrogen) atoms. The third kappa shape index (κ3) is 3.43. The van der Waals surface area contributed by atoms with Crippen LogP contribution in [0.1, 0.15) is 13.8 Å². The fraction of sp³-hybridized carbons (Fsp3) is 0.500. The van der Waals surface area contributed by atoms with Crippen molar-refractivity contribution in [2.75, 3.05) is 13.1 Å². The largest absolute Gasteiger partial charge is 0.311 e. The summed E-state index contributed by atoms with van der Waals surface area (Å²) in [6.45, 7) is 4.69. The molecule has 0 amide bonds. The Balaban J connectivity index is 0.00000200. The Morgan fingerprint density at radius 3 is 2.60 bits per heavy atom. The Morgan fingerprint density at radius 2 is 2.00 bits per heavy atom. The van der Waals surface area contributed by atoms with Gasteiger partial charge >= 0.3 is 0 Å². The standard InChI is InChI=1S/C12H16ClFN2O2S.ClH/c1-8-9(2)16(4-3-15-8)19(17,18)12-6-10(13)5-11(14)7-12;/h5-9,15H,3-4H2,1-2H3;1H. The van der Waals surface area contributed by atoms with Crippen molar-refractivity contribution in [1.82, 2.24) is 9.62 Å². The van der Waals surface area contributed by atoms with E-state index in [0.29, 0.717) is 13.1 Å². The fourth-order valence-electron chi connectivity index (χ4n) is 2.18. The second-order valence-electron chi connectivity index (χ2n) is 4.70. The average Bonchev–Trinajstić information content (AvgIpc) is 2.31. The molecule has 0 aromatic heterocycles. The van der Waals surface area contributed by atoms with Crippen molar-refractivity contribution in [3.63, 3.8) is 0 Å². The topological polar surface area (TPSA) is 49.4 Å². The van der Waals surface area contributed by atoms with Gasteiger partial charge in [-0.2, -0.15) is 4.31 Å². The van der Waals surface area contributed by atoms with Crippen molar-refractivity contribution >= 4 is 34.0 Å². The van der Waals surface area contributed by atoms with Crippen LogP contribution in [0, 0.1) is 5.82 Å². The number of nitrogens with one attached hydrogen (secondary N) is 1. The molecule has 1 aliphatic rings. The lowest BCUT2D eigenvalue weighted by Gasteiger charge is -2.37. The van der Waals surface area contributed by atoms with Gasteiger partial charge in [-0.15, -0.1) is 12.4 Å². The van der Waals surface area contributed by atoms with E-state index in [2.05, 4.69) is 5.32 Å². The van der Waals surface area contributed by atoms with Gasteiger partial charge in [0, 0.05) is 30.2 Å². The molecule has 0 bridgehead atoms. The van der Waals surface area contributed by atoms with Crippen molar-refractivity contribution in [3.8, 4) is 0 Å². The summed E-state index contributed by atoms with van der Waals surface area (Å²) in [5.74, 6) is -0.651. The first-order valence-electron chi connectivity index (χ1n) is 6.03. The number of sulfonamides is 1. The van der Waals surface area contributed by atoms with Gasteiger partial charge in [0.15, 0.2) is 0 Å². The van der Waals surface area contributed by atoms with Crippen LogP contribution in [-0.4, -0.2) is 37.9 Å². The Bertz CT molecular complexity index is 563. The van der Waals surface area contributed by atoms with Crippen LogP contribution in [0.25, 0.3) is 0 Å². The van der Waals surface area contributed by atoms with E-state index in [4.69, 9.17) is 11.6 Å². The molecule has 1 aliphatic heterocycles. The molecule has 114 valence electrons. The fourth-order valence-corrected chi connectivity index (χ4v) is 4.22. The lowest BCUT2D eigenvalue weighted by Crippen LogP contribution is -2.57. The Hall–Kier alpha value is -0.400. The van der Waals surface area contributed by atoms with E-state index in [9.17, 15) is 12.8 Å². The molecular weight excluding hydrogens is 326 g/mol. The number of hydrogen-bond acceptors (Lipinski definition) is 3. The quantitative estimate of drug-likeness (QED) is 0.896. The van der Waals surface area contributed by atoms with Gasteiger partial charge in [0.2, 0.25) is 10.0 Å². The molecule has 1 saturated heterocycles. The van der Waals surface area contributed by atoms with Crippen molar-refractivity contribution in [1.29, 1.82) is 0 Å². The molecule has 1 heterocycles. The number of nitrogens with zero attached hydrogens (tertiary/aromatic N) is 1. The molecule has 4 nitrogen and oxygen atoms in total. The highest BCUT2D eigenvalue weighted by Gasteiger charge is 2.34. The van der Waals surface area contributed by atoms with Crippen molar-refractivity contribution in [3.05, 3.63) is 29.0 Å². The molecule has 0 saturated carbocycles. The minimum atomic E-state index is -3.72. The summed E-state index contributed by atoms with van der Waals surface area (Å²) in [7, 11) is -3.72. The Kier molecular flexibility index (Phi) is 5.80. The normalized spacial score (nSPS) is 24.2. The number of piperazine rings is 1. The predicted molar refractivity (Wildman–Crippen MR) is 79.5 cm³/mol. The highest BCUT2D eigenvalue weighted by atomic mass is 35.5. The highest BCUT2D eigenvalue weighted by Crippen LogP contribution is 2.24. The van der Waals surface area contributed by atoms with E-state index in [1.807, 2.05) is 13.8 Å². The Morgan fingerprint density at radius 1 is 1.35 bits per heavy atom. The minimum Gasteiger partial charge on any atom is -0.311 e. The zero-order valence-corrected chi connectivity index (χ0v) is 13.5. The molecule has 2 atom stereocenters. The first-order valence-corrected chi connectivity index (χ1v) is 7.85. The van der Waals surface area contributed by atoms with E-state index in [1.165, 1.54) is 10.4 Å². The predicted octanol–water partition coefficient (Wildman–Crippen LogP) is 2.27.